The van der Waals surface area contributed by atoms with Gasteiger partial charge in [-0.1, -0.05) is 38.2 Å². The molecule has 1 aliphatic heterocycles. The molecule has 0 spiro atoms. The quantitative estimate of drug-likeness (QED) is 0.587. The molecule has 0 aromatic carbocycles. The number of nitrogens with one attached hydrogen (secondary N) is 1. The predicted molar refractivity (Wildman–Crippen MR) is 119 cm³/mol. The minimum absolute atomic E-state index is 0.0396. The van der Waals surface area contributed by atoms with Crippen LogP contribution in [0.4, 0.5) is 0 Å². The van der Waals surface area contributed by atoms with Gasteiger partial charge in [-0.15, -0.1) is 0 Å². The van der Waals surface area contributed by atoms with Crippen LogP contribution < -0.4 is 5.32 Å². The average Bonchev–Trinajstić information content (AvgIpc) is 3.03. The van der Waals surface area contributed by atoms with E-state index in [4.69, 9.17) is 0 Å². The largest absolute Gasteiger partial charge is 0.317 e. The third-order valence-corrected chi connectivity index (χ3v) is 10.4. The van der Waals surface area contributed by atoms with E-state index >= 15 is 0 Å². The van der Waals surface area contributed by atoms with Gasteiger partial charge in [0.25, 0.3) is 0 Å². The smallest absolute Gasteiger partial charge is 0.139 e. The molecule has 1 heterocycles. The van der Waals surface area contributed by atoms with Gasteiger partial charge in [0.05, 0.1) is 0 Å². The summed E-state index contributed by atoms with van der Waals surface area (Å²) in [7, 11) is 0. The van der Waals surface area contributed by atoms with Gasteiger partial charge in [-0.25, -0.2) is 0 Å². The Balaban J connectivity index is 1.32. The molecule has 7 atom stereocenters. The fourth-order valence-electron chi connectivity index (χ4n) is 8.46. The number of fused-ring (bicyclic) bond motifs is 5. The molecule has 0 amide bonds. The zero-order valence-electron chi connectivity index (χ0n) is 18.7. The van der Waals surface area contributed by atoms with E-state index in [1.807, 2.05) is 0 Å². The Hall–Kier alpha value is -0.890. The summed E-state index contributed by atoms with van der Waals surface area (Å²) >= 11 is 0. The normalized spacial score (nSPS) is 48.4. The number of carbonyl (C=O) groups excluding carboxylic acids is 1. The van der Waals surface area contributed by atoms with Crippen molar-refractivity contribution in [2.45, 2.75) is 78.1 Å². The Kier molecular flexibility index (Phi) is 5.09. The molecule has 1 N–H and O–H groups in total. The highest BCUT2D eigenvalue weighted by Crippen LogP contribution is 2.67. The summed E-state index contributed by atoms with van der Waals surface area (Å²) in [5.74, 6) is 4.88. The van der Waals surface area contributed by atoms with Gasteiger partial charge < -0.3 is 5.32 Å². The van der Waals surface area contributed by atoms with Crippen LogP contribution in [0.2, 0.25) is 0 Å². The fourth-order valence-corrected chi connectivity index (χ4v) is 8.46. The number of piperidine rings is 1. The maximum Gasteiger partial charge on any atom is 0.139 e. The van der Waals surface area contributed by atoms with Crippen LogP contribution in [0.5, 0.6) is 0 Å². The van der Waals surface area contributed by atoms with Crippen molar-refractivity contribution in [2.75, 3.05) is 13.1 Å². The van der Waals surface area contributed by atoms with Crippen molar-refractivity contribution in [1.29, 1.82) is 0 Å². The van der Waals surface area contributed by atoms with Gasteiger partial charge in [-0.3, -0.25) is 4.79 Å². The van der Waals surface area contributed by atoms with Crippen LogP contribution in [0.1, 0.15) is 78.1 Å². The summed E-state index contributed by atoms with van der Waals surface area (Å²) in [6.07, 6.45) is 17.4. The first-order valence-electron chi connectivity index (χ1n) is 12.5. The van der Waals surface area contributed by atoms with Crippen LogP contribution in [0, 0.1) is 46.3 Å². The number of rotatable bonds is 2. The lowest BCUT2D eigenvalue weighted by molar-refractivity contribution is -0.134. The second-order valence-electron chi connectivity index (χ2n) is 11.7. The highest BCUT2D eigenvalue weighted by atomic mass is 16.1. The summed E-state index contributed by atoms with van der Waals surface area (Å²) in [6, 6.07) is 0. The first-order chi connectivity index (χ1) is 13.9. The first-order valence-corrected chi connectivity index (χ1v) is 12.5. The van der Waals surface area contributed by atoms with Crippen LogP contribution in [0.3, 0.4) is 0 Å². The second-order valence-corrected chi connectivity index (χ2v) is 11.7. The molecule has 5 aliphatic rings. The standard InChI is InChI=1S/C27H41NO/c1-18-16-21-17-20(5-4-19-10-14-28-15-11-19)8-12-26(21,2)23-9-13-27(3)22(25(18)23)6-7-24(27)29/h4-5,19-23,25,28H,1,6-17H2,2-3H3/t20-,21?,22+,23+,25+,26+,27+/m1/s1. The average molecular weight is 396 g/mol. The number of hydrogen-bond acceptors (Lipinski definition) is 2. The van der Waals surface area contributed by atoms with Crippen LogP contribution in [-0.2, 0) is 4.79 Å². The summed E-state index contributed by atoms with van der Waals surface area (Å²) in [6.45, 7) is 11.9. The maximum absolute atomic E-state index is 12.7. The van der Waals surface area contributed by atoms with Gasteiger partial charge >= 0.3 is 0 Å². The third-order valence-electron chi connectivity index (χ3n) is 10.4. The van der Waals surface area contributed by atoms with Crippen molar-refractivity contribution < 1.29 is 4.79 Å². The van der Waals surface area contributed by atoms with E-state index in [9.17, 15) is 4.79 Å². The molecule has 160 valence electrons. The van der Waals surface area contributed by atoms with Crippen molar-refractivity contribution in [3.63, 3.8) is 0 Å². The van der Waals surface area contributed by atoms with Crippen molar-refractivity contribution in [2.24, 2.45) is 46.3 Å². The Morgan fingerprint density at radius 3 is 2.52 bits per heavy atom. The summed E-state index contributed by atoms with van der Waals surface area (Å²) < 4.78 is 0. The molecule has 0 bridgehead atoms. The molecular weight excluding hydrogens is 354 g/mol. The van der Waals surface area contributed by atoms with Gasteiger partial charge in [-0.05, 0) is 112 Å². The van der Waals surface area contributed by atoms with Crippen molar-refractivity contribution >= 4 is 5.78 Å². The Morgan fingerprint density at radius 1 is 0.966 bits per heavy atom. The minimum atomic E-state index is -0.0396. The number of Topliss-reactive ketones (excluding diaryl/α,β-unsaturated/α-hetero) is 1. The van der Waals surface area contributed by atoms with E-state index in [0.717, 1.165) is 42.9 Å². The van der Waals surface area contributed by atoms with Crippen LogP contribution in [0.15, 0.2) is 24.3 Å². The highest BCUT2D eigenvalue weighted by molar-refractivity contribution is 5.87. The maximum atomic E-state index is 12.7. The van der Waals surface area contributed by atoms with Gasteiger partial charge in [0.15, 0.2) is 0 Å². The molecule has 2 nitrogen and oxygen atoms in total. The number of ketones is 1. The van der Waals surface area contributed by atoms with E-state index in [1.165, 1.54) is 63.6 Å². The van der Waals surface area contributed by atoms with Crippen LogP contribution >= 0.6 is 0 Å². The fraction of sp³-hybridized carbons (Fsp3) is 0.815. The van der Waals surface area contributed by atoms with Crippen LogP contribution in [0.25, 0.3) is 0 Å². The van der Waals surface area contributed by atoms with Crippen molar-refractivity contribution in [3.8, 4) is 0 Å². The van der Waals surface area contributed by atoms with E-state index in [2.05, 4.69) is 37.9 Å². The molecule has 4 saturated carbocycles. The van der Waals surface area contributed by atoms with E-state index < -0.39 is 0 Å². The molecule has 29 heavy (non-hydrogen) atoms. The van der Waals surface area contributed by atoms with Gasteiger partial charge in [0, 0.05) is 11.8 Å². The van der Waals surface area contributed by atoms with Crippen molar-refractivity contribution in [3.05, 3.63) is 24.3 Å². The molecule has 1 unspecified atom stereocenters. The molecule has 0 radical (unpaired) electrons. The highest BCUT2D eigenvalue weighted by Gasteiger charge is 2.61. The predicted octanol–water partition coefficient (Wildman–Crippen LogP) is 5.94. The first kappa shape index (κ1) is 20.0. The minimum Gasteiger partial charge on any atom is -0.317 e. The van der Waals surface area contributed by atoms with Gasteiger partial charge in [0.2, 0.25) is 0 Å². The Labute approximate surface area is 178 Å². The van der Waals surface area contributed by atoms with E-state index in [0.29, 0.717) is 23.0 Å². The lowest BCUT2D eigenvalue weighted by Crippen LogP contribution is -2.54. The molecule has 2 heteroatoms. The van der Waals surface area contributed by atoms with E-state index in [1.54, 1.807) is 0 Å². The van der Waals surface area contributed by atoms with E-state index in [-0.39, 0.29) is 5.41 Å². The molecule has 0 aromatic rings. The molecule has 1 saturated heterocycles. The molecule has 5 rings (SSSR count). The number of carbonyl (C=O) groups is 1. The molecular formula is C27H41NO. The molecule has 0 aromatic heterocycles. The lowest BCUT2D eigenvalue weighted by Gasteiger charge is -2.61. The van der Waals surface area contributed by atoms with Gasteiger partial charge in [-0.2, -0.15) is 0 Å². The SMILES string of the molecule is C=C1CC2C[C@H](C=CC3CCNCC3)CC[C@]2(C)[C@H]2CC[C@]3(C)C(=O)CC[C@H]3[C@H]12. The zero-order valence-corrected chi connectivity index (χ0v) is 18.7. The van der Waals surface area contributed by atoms with Crippen LogP contribution in [-0.4, -0.2) is 18.9 Å². The molecule has 5 fully saturated rings. The zero-order chi connectivity index (χ0) is 20.2. The number of hydrogen-bond donors (Lipinski definition) is 1. The second kappa shape index (κ2) is 7.36. The summed E-state index contributed by atoms with van der Waals surface area (Å²) in [4.78, 5) is 12.7. The monoisotopic (exact) mass is 395 g/mol. The summed E-state index contributed by atoms with van der Waals surface area (Å²) in [5.41, 5.74) is 1.94. The third kappa shape index (κ3) is 3.20. The molecule has 4 aliphatic carbocycles. The van der Waals surface area contributed by atoms with Gasteiger partial charge in [0.1, 0.15) is 5.78 Å². The Bertz CT molecular complexity index is 703. The van der Waals surface area contributed by atoms with Crippen molar-refractivity contribution in [1.82, 2.24) is 5.32 Å². The summed E-state index contributed by atoms with van der Waals surface area (Å²) in [5, 5.41) is 3.48. The topological polar surface area (TPSA) is 29.1 Å². The Morgan fingerprint density at radius 2 is 1.72 bits per heavy atom. The lowest BCUT2D eigenvalue weighted by atomic mass is 9.44. The number of allylic oxidation sites excluding steroid dienone is 3.